The van der Waals surface area contributed by atoms with Gasteiger partial charge in [-0.1, -0.05) is 55.8 Å². The molecular formula is C34H50O6S. The van der Waals surface area contributed by atoms with Crippen molar-refractivity contribution in [2.45, 2.75) is 120 Å². The van der Waals surface area contributed by atoms with Crippen LogP contribution < -0.4 is 0 Å². The van der Waals surface area contributed by atoms with Crippen LogP contribution in [0.15, 0.2) is 64.6 Å². The van der Waals surface area contributed by atoms with Crippen molar-refractivity contribution in [2.75, 3.05) is 0 Å². The Kier molecular flexibility index (Phi) is 9.47. The molecule has 0 bridgehead atoms. The quantitative estimate of drug-likeness (QED) is 0.323. The summed E-state index contributed by atoms with van der Waals surface area (Å²) in [6, 6.07) is 6.92. The summed E-state index contributed by atoms with van der Waals surface area (Å²) in [4.78, 5) is 0.260. The summed E-state index contributed by atoms with van der Waals surface area (Å²) in [6.07, 6.45) is 7.38. The molecule has 3 fully saturated rings. The van der Waals surface area contributed by atoms with Gasteiger partial charge in [0.05, 0.1) is 34.1 Å². The van der Waals surface area contributed by atoms with Gasteiger partial charge in [0.15, 0.2) is 9.84 Å². The maximum absolute atomic E-state index is 14.1. The van der Waals surface area contributed by atoms with Gasteiger partial charge in [0.1, 0.15) is 0 Å². The Bertz CT molecular complexity index is 1270. The molecule has 6 nitrogen and oxygen atoms in total. The minimum Gasteiger partial charge on any atom is -0.393 e. The van der Waals surface area contributed by atoms with Crippen molar-refractivity contribution in [1.82, 2.24) is 0 Å². The number of benzene rings is 1. The number of sulfone groups is 1. The van der Waals surface area contributed by atoms with E-state index in [2.05, 4.69) is 19.6 Å². The molecule has 2 unspecified atom stereocenters. The molecule has 41 heavy (non-hydrogen) atoms. The molecule has 3 aliphatic rings. The van der Waals surface area contributed by atoms with Gasteiger partial charge in [0.25, 0.3) is 0 Å². The second-order valence-electron chi connectivity index (χ2n) is 13.8. The second-order valence-corrected chi connectivity index (χ2v) is 16.0. The van der Waals surface area contributed by atoms with Crippen LogP contribution in [0.1, 0.15) is 84.6 Å². The summed E-state index contributed by atoms with van der Waals surface area (Å²) >= 11 is 0. The maximum atomic E-state index is 14.1. The van der Waals surface area contributed by atoms with Crippen LogP contribution in [0.3, 0.4) is 0 Å². The molecule has 3 saturated carbocycles. The van der Waals surface area contributed by atoms with Crippen molar-refractivity contribution in [1.29, 1.82) is 0 Å². The van der Waals surface area contributed by atoms with Crippen LogP contribution in [0.5, 0.6) is 0 Å². The highest BCUT2D eigenvalue weighted by Gasteiger charge is 2.53. The van der Waals surface area contributed by atoms with Gasteiger partial charge in [-0.2, -0.15) is 0 Å². The fourth-order valence-corrected chi connectivity index (χ4v) is 9.96. The Hall–Kier alpha value is -1.77. The molecule has 228 valence electrons. The summed E-state index contributed by atoms with van der Waals surface area (Å²) < 4.78 is 28.3. The monoisotopic (exact) mass is 586 g/mol. The largest absolute Gasteiger partial charge is 0.393 e. The van der Waals surface area contributed by atoms with Crippen molar-refractivity contribution >= 4 is 9.84 Å². The third-order valence-corrected chi connectivity index (χ3v) is 12.9. The van der Waals surface area contributed by atoms with E-state index in [0.717, 1.165) is 43.2 Å². The first-order chi connectivity index (χ1) is 19.1. The van der Waals surface area contributed by atoms with Crippen molar-refractivity contribution in [3.05, 3.63) is 65.3 Å². The Labute approximate surface area is 246 Å². The van der Waals surface area contributed by atoms with Crippen LogP contribution in [0, 0.1) is 30.1 Å². The van der Waals surface area contributed by atoms with E-state index in [-0.39, 0.29) is 28.6 Å². The van der Waals surface area contributed by atoms with Crippen LogP contribution in [-0.4, -0.2) is 58.0 Å². The molecule has 7 heteroatoms. The van der Waals surface area contributed by atoms with Crippen LogP contribution in [0.25, 0.3) is 0 Å². The molecule has 0 aromatic heterocycles. The predicted molar refractivity (Wildman–Crippen MR) is 163 cm³/mol. The van der Waals surface area contributed by atoms with E-state index >= 15 is 0 Å². The standard InChI is InChI=1S/C34H50O6S/c1-21-9-13-27(14-10-21)41(39,40)31(20-32(37)33(4,5)38)23(3)28-15-16-29-24(8-7-17-34(28,29)6)11-12-25-18-26(35)19-30(36)22(25)2/h9-14,23,26,28-32,35-38H,2,7-8,15-20H2,1,3-6H3/t23-,26+,28+,29-,30-,31?,32?,34+/m0/s1. The number of aliphatic hydroxyl groups excluding tert-OH is 3. The summed E-state index contributed by atoms with van der Waals surface area (Å²) in [5.74, 6) is 0.222. The third kappa shape index (κ3) is 6.59. The van der Waals surface area contributed by atoms with E-state index < -0.39 is 39.0 Å². The zero-order valence-electron chi connectivity index (χ0n) is 25.4. The lowest BCUT2D eigenvalue weighted by Crippen LogP contribution is -2.46. The Morgan fingerprint density at radius 1 is 1.15 bits per heavy atom. The summed E-state index contributed by atoms with van der Waals surface area (Å²) in [7, 11) is -3.78. The van der Waals surface area contributed by atoms with Crippen LogP contribution in [-0.2, 0) is 9.84 Å². The number of rotatable bonds is 8. The van der Waals surface area contributed by atoms with Gasteiger partial charge in [-0.25, -0.2) is 8.42 Å². The third-order valence-electron chi connectivity index (χ3n) is 10.5. The predicted octanol–water partition coefficient (Wildman–Crippen LogP) is 5.44. The van der Waals surface area contributed by atoms with Crippen LogP contribution >= 0.6 is 0 Å². The lowest BCUT2D eigenvalue weighted by atomic mass is 9.60. The van der Waals surface area contributed by atoms with Gasteiger partial charge in [-0.15, -0.1) is 0 Å². The van der Waals surface area contributed by atoms with Gasteiger partial charge < -0.3 is 20.4 Å². The van der Waals surface area contributed by atoms with Crippen LogP contribution in [0.2, 0.25) is 0 Å². The topological polar surface area (TPSA) is 115 Å². The SMILES string of the molecule is C=C1C(=CC=C2CCC[C@]3(C)[C@@H]([C@H](C)C(CC(O)C(C)(C)O)S(=O)(=O)c4ccc(C)cc4)CC[C@@H]23)C[C@@H](O)C[C@@H]1O. The van der Waals surface area contributed by atoms with Gasteiger partial charge in [0.2, 0.25) is 0 Å². The first-order valence-electron chi connectivity index (χ1n) is 15.2. The average molecular weight is 587 g/mol. The highest BCUT2D eigenvalue weighted by Crippen LogP contribution is 2.60. The van der Waals surface area contributed by atoms with Crippen molar-refractivity contribution in [3.8, 4) is 0 Å². The molecule has 0 radical (unpaired) electrons. The molecule has 4 N–H and O–H groups in total. The van der Waals surface area contributed by atoms with Gasteiger partial charge >= 0.3 is 0 Å². The van der Waals surface area contributed by atoms with E-state index in [1.165, 1.54) is 19.4 Å². The number of hydrogen-bond donors (Lipinski definition) is 4. The zero-order valence-corrected chi connectivity index (χ0v) is 26.2. The smallest absolute Gasteiger partial charge is 0.181 e. The number of allylic oxidation sites excluding steroid dienone is 3. The molecule has 1 aromatic carbocycles. The fraction of sp³-hybridized carbons (Fsp3) is 0.647. The zero-order chi connectivity index (χ0) is 30.3. The van der Waals surface area contributed by atoms with Crippen LogP contribution in [0.4, 0.5) is 0 Å². The Balaban J connectivity index is 1.65. The molecule has 0 aliphatic heterocycles. The molecule has 8 atom stereocenters. The molecule has 0 saturated heterocycles. The summed E-state index contributed by atoms with van der Waals surface area (Å²) in [6.45, 7) is 13.4. The average Bonchev–Trinajstić information content (AvgIpc) is 3.25. The van der Waals surface area contributed by atoms with E-state index in [1.54, 1.807) is 24.3 Å². The number of aliphatic hydroxyl groups is 4. The van der Waals surface area contributed by atoms with E-state index in [1.807, 2.05) is 19.9 Å². The fourth-order valence-electron chi connectivity index (χ4n) is 7.90. The highest BCUT2D eigenvalue weighted by molar-refractivity contribution is 7.92. The first kappa shape index (κ1) is 32.2. The molecule has 0 amide bonds. The summed E-state index contributed by atoms with van der Waals surface area (Å²) in [5.41, 5.74) is 2.39. The number of aryl methyl sites for hydroxylation is 1. The highest BCUT2D eigenvalue weighted by atomic mass is 32.2. The molecule has 1 aromatic rings. The van der Waals surface area contributed by atoms with E-state index in [0.29, 0.717) is 24.3 Å². The van der Waals surface area contributed by atoms with E-state index in [9.17, 15) is 28.8 Å². The molecule has 0 heterocycles. The van der Waals surface area contributed by atoms with Crippen molar-refractivity contribution in [2.24, 2.45) is 23.2 Å². The first-order valence-corrected chi connectivity index (χ1v) is 16.8. The van der Waals surface area contributed by atoms with Gasteiger partial charge in [-0.3, -0.25) is 0 Å². The van der Waals surface area contributed by atoms with E-state index in [4.69, 9.17) is 0 Å². The molecule has 0 spiro atoms. The minimum absolute atomic E-state index is 0.0281. The second kappa shape index (κ2) is 12.1. The lowest BCUT2D eigenvalue weighted by molar-refractivity contribution is -0.0547. The minimum atomic E-state index is -3.78. The maximum Gasteiger partial charge on any atom is 0.181 e. The molecular weight excluding hydrogens is 536 g/mol. The Morgan fingerprint density at radius 3 is 2.44 bits per heavy atom. The molecule has 4 rings (SSSR count). The normalized spacial score (nSPS) is 33.5. The van der Waals surface area contributed by atoms with Gasteiger partial charge in [0, 0.05) is 6.42 Å². The number of hydrogen-bond acceptors (Lipinski definition) is 6. The van der Waals surface area contributed by atoms with Crippen molar-refractivity contribution < 1.29 is 28.8 Å². The summed E-state index contributed by atoms with van der Waals surface area (Å²) in [5, 5.41) is 41.1. The van der Waals surface area contributed by atoms with Gasteiger partial charge in [-0.05, 0) is 112 Å². The molecule has 3 aliphatic carbocycles. The number of fused-ring (bicyclic) bond motifs is 1. The Morgan fingerprint density at radius 2 is 1.80 bits per heavy atom. The lowest BCUT2D eigenvalue weighted by Gasteiger charge is -2.46. The van der Waals surface area contributed by atoms with Crippen molar-refractivity contribution in [3.63, 3.8) is 0 Å².